The quantitative estimate of drug-likeness (QED) is 0.626. The van der Waals surface area contributed by atoms with Crippen LogP contribution in [0.3, 0.4) is 0 Å². The minimum Gasteiger partial charge on any atom is -0.434 e. The number of rotatable bonds is 3. The number of hydrogen-bond donors (Lipinski definition) is 1. The van der Waals surface area contributed by atoms with Gasteiger partial charge < -0.3 is 10.5 Å². The van der Waals surface area contributed by atoms with Crippen molar-refractivity contribution in [3.63, 3.8) is 0 Å². The second kappa shape index (κ2) is 4.20. The minimum atomic E-state index is -3.13. The van der Waals surface area contributed by atoms with Crippen molar-refractivity contribution in [2.75, 3.05) is 5.73 Å². The number of ketones is 1. The van der Waals surface area contributed by atoms with E-state index in [0.29, 0.717) is 6.07 Å². The summed E-state index contributed by atoms with van der Waals surface area (Å²) in [5, 5.41) is 0. The van der Waals surface area contributed by atoms with Crippen LogP contribution in [0.4, 0.5) is 18.9 Å². The van der Waals surface area contributed by atoms with Crippen molar-refractivity contribution in [3.05, 3.63) is 23.5 Å². The van der Waals surface area contributed by atoms with Crippen LogP contribution in [0.1, 0.15) is 17.3 Å². The summed E-state index contributed by atoms with van der Waals surface area (Å²) in [4.78, 5) is 11.1. The summed E-state index contributed by atoms with van der Waals surface area (Å²) in [5.74, 6) is -1.95. The fourth-order valence-corrected chi connectivity index (χ4v) is 1.17. The Kier molecular flexibility index (Phi) is 3.18. The van der Waals surface area contributed by atoms with Gasteiger partial charge in [-0.15, -0.1) is 0 Å². The van der Waals surface area contributed by atoms with E-state index in [2.05, 4.69) is 4.74 Å². The molecule has 0 atom stereocenters. The number of nitrogen functional groups attached to an aromatic ring is 1. The highest BCUT2D eigenvalue weighted by molar-refractivity contribution is 6.01. The van der Waals surface area contributed by atoms with Crippen molar-refractivity contribution < 1.29 is 22.7 Å². The molecule has 82 valence electrons. The van der Waals surface area contributed by atoms with Crippen molar-refractivity contribution in [1.82, 2.24) is 0 Å². The third-order valence-corrected chi connectivity index (χ3v) is 1.67. The summed E-state index contributed by atoms with van der Waals surface area (Å²) in [6, 6.07) is 1.56. The summed E-state index contributed by atoms with van der Waals surface area (Å²) < 4.78 is 40.7. The molecule has 15 heavy (non-hydrogen) atoms. The third-order valence-electron chi connectivity index (χ3n) is 1.67. The number of nitrogens with two attached hydrogens (primary N) is 1. The van der Waals surface area contributed by atoms with Gasteiger partial charge in [-0.25, -0.2) is 4.39 Å². The molecule has 1 rings (SSSR count). The molecule has 0 heterocycles. The first-order valence-electron chi connectivity index (χ1n) is 3.96. The van der Waals surface area contributed by atoms with Crippen LogP contribution < -0.4 is 10.5 Å². The Bertz CT molecular complexity index is 393. The molecule has 0 aliphatic carbocycles. The number of ether oxygens (including phenoxy) is 1. The molecule has 2 N–H and O–H groups in total. The van der Waals surface area contributed by atoms with Crippen molar-refractivity contribution in [3.8, 4) is 5.75 Å². The smallest absolute Gasteiger partial charge is 0.387 e. The van der Waals surface area contributed by atoms with Gasteiger partial charge in [-0.1, -0.05) is 0 Å². The molecule has 0 fully saturated rings. The highest BCUT2D eigenvalue weighted by Crippen LogP contribution is 2.28. The van der Waals surface area contributed by atoms with Crippen LogP contribution in [0.2, 0.25) is 0 Å². The normalized spacial score (nSPS) is 10.5. The number of carbonyl (C=O) groups excluding carboxylic acids is 1. The maximum atomic E-state index is 12.8. The van der Waals surface area contributed by atoms with E-state index in [-0.39, 0.29) is 11.3 Å². The average Bonchev–Trinajstić information content (AvgIpc) is 1.99. The first-order valence-corrected chi connectivity index (χ1v) is 3.96. The maximum Gasteiger partial charge on any atom is 0.387 e. The van der Waals surface area contributed by atoms with E-state index < -0.39 is 24.0 Å². The van der Waals surface area contributed by atoms with Crippen LogP contribution in [0.25, 0.3) is 0 Å². The Hall–Kier alpha value is -1.72. The van der Waals surface area contributed by atoms with Crippen LogP contribution in [-0.4, -0.2) is 12.4 Å². The molecule has 1 aromatic rings. The molecule has 3 nitrogen and oxygen atoms in total. The van der Waals surface area contributed by atoms with Gasteiger partial charge in [0.2, 0.25) is 0 Å². The Balaban J connectivity index is 3.27. The van der Waals surface area contributed by atoms with Gasteiger partial charge in [0.1, 0.15) is 11.6 Å². The molecule has 0 unspecified atom stereocenters. The monoisotopic (exact) mass is 219 g/mol. The number of anilines is 1. The lowest BCUT2D eigenvalue weighted by Gasteiger charge is -2.10. The molecule has 0 saturated carbocycles. The van der Waals surface area contributed by atoms with E-state index in [0.717, 1.165) is 13.0 Å². The summed E-state index contributed by atoms with van der Waals surface area (Å²) in [6.07, 6.45) is 0. The zero-order valence-corrected chi connectivity index (χ0v) is 7.76. The SMILES string of the molecule is CC(=O)c1c(N)cc(F)cc1OC(F)F. The summed E-state index contributed by atoms with van der Waals surface area (Å²) in [7, 11) is 0. The molecule has 0 aliphatic rings. The molecular weight excluding hydrogens is 211 g/mol. The van der Waals surface area contributed by atoms with Crippen molar-refractivity contribution in [2.24, 2.45) is 0 Å². The maximum absolute atomic E-state index is 12.8. The Morgan fingerprint density at radius 1 is 1.47 bits per heavy atom. The lowest BCUT2D eigenvalue weighted by molar-refractivity contribution is -0.0502. The number of hydrogen-bond acceptors (Lipinski definition) is 3. The van der Waals surface area contributed by atoms with Crippen molar-refractivity contribution in [1.29, 1.82) is 0 Å². The van der Waals surface area contributed by atoms with Gasteiger partial charge in [-0.3, -0.25) is 4.79 Å². The van der Waals surface area contributed by atoms with Gasteiger partial charge in [0.15, 0.2) is 5.78 Å². The van der Waals surface area contributed by atoms with Crippen LogP contribution in [0.5, 0.6) is 5.75 Å². The van der Waals surface area contributed by atoms with Crippen molar-refractivity contribution >= 4 is 11.5 Å². The van der Waals surface area contributed by atoms with Gasteiger partial charge in [-0.05, 0) is 13.0 Å². The number of halogens is 3. The van der Waals surface area contributed by atoms with Gasteiger partial charge in [0, 0.05) is 11.8 Å². The number of alkyl halides is 2. The van der Waals surface area contributed by atoms with E-state index in [1.54, 1.807) is 0 Å². The fourth-order valence-electron chi connectivity index (χ4n) is 1.17. The Morgan fingerprint density at radius 2 is 2.07 bits per heavy atom. The fraction of sp³-hybridized carbons (Fsp3) is 0.222. The average molecular weight is 219 g/mol. The first kappa shape index (κ1) is 11.4. The van der Waals surface area contributed by atoms with Crippen LogP contribution in [0.15, 0.2) is 12.1 Å². The Morgan fingerprint density at radius 3 is 2.53 bits per heavy atom. The van der Waals surface area contributed by atoms with Gasteiger partial charge in [0.25, 0.3) is 0 Å². The first-order chi connectivity index (χ1) is 6.91. The van der Waals surface area contributed by atoms with Crippen LogP contribution in [-0.2, 0) is 0 Å². The van der Waals surface area contributed by atoms with Gasteiger partial charge in [-0.2, -0.15) is 8.78 Å². The van der Waals surface area contributed by atoms with Crippen LogP contribution >= 0.6 is 0 Å². The summed E-state index contributed by atoms with van der Waals surface area (Å²) in [6.45, 7) is -2.01. The van der Waals surface area contributed by atoms with E-state index in [9.17, 15) is 18.0 Å². The highest BCUT2D eigenvalue weighted by atomic mass is 19.3. The molecule has 0 aromatic heterocycles. The molecule has 0 radical (unpaired) electrons. The molecule has 1 aromatic carbocycles. The van der Waals surface area contributed by atoms with Gasteiger partial charge in [0.05, 0.1) is 5.56 Å². The summed E-state index contributed by atoms with van der Waals surface area (Å²) in [5.41, 5.74) is 4.85. The lowest BCUT2D eigenvalue weighted by atomic mass is 10.1. The predicted octanol–water partition coefficient (Wildman–Crippen LogP) is 2.21. The molecule has 0 amide bonds. The molecule has 0 saturated heterocycles. The van der Waals surface area contributed by atoms with E-state index >= 15 is 0 Å². The van der Waals surface area contributed by atoms with E-state index in [1.807, 2.05) is 0 Å². The highest BCUT2D eigenvalue weighted by Gasteiger charge is 2.17. The van der Waals surface area contributed by atoms with E-state index in [4.69, 9.17) is 5.73 Å². The van der Waals surface area contributed by atoms with Crippen LogP contribution in [0, 0.1) is 5.82 Å². The minimum absolute atomic E-state index is 0.224. The number of benzene rings is 1. The molecule has 0 spiro atoms. The molecule has 0 bridgehead atoms. The standard InChI is InChI=1S/C9H8F3NO2/c1-4(14)8-6(13)2-5(10)3-7(8)15-9(11)12/h2-3,9H,13H2,1H3. The summed E-state index contributed by atoms with van der Waals surface area (Å²) >= 11 is 0. The largest absolute Gasteiger partial charge is 0.434 e. The topological polar surface area (TPSA) is 52.3 Å². The molecule has 6 heteroatoms. The van der Waals surface area contributed by atoms with Gasteiger partial charge >= 0.3 is 6.61 Å². The lowest BCUT2D eigenvalue weighted by Crippen LogP contribution is -2.09. The van der Waals surface area contributed by atoms with E-state index in [1.165, 1.54) is 0 Å². The zero-order valence-electron chi connectivity index (χ0n) is 7.76. The van der Waals surface area contributed by atoms with Crippen molar-refractivity contribution in [2.45, 2.75) is 13.5 Å². The number of Topliss-reactive ketones (excluding diaryl/α,β-unsaturated/α-hetero) is 1. The third kappa shape index (κ3) is 2.61. The predicted molar refractivity (Wildman–Crippen MR) is 47.4 cm³/mol. The second-order valence-electron chi connectivity index (χ2n) is 2.80. The molecule has 0 aliphatic heterocycles. The second-order valence-corrected chi connectivity index (χ2v) is 2.80. The number of carbonyl (C=O) groups is 1. The molecular formula is C9H8F3NO2. The Labute approximate surface area is 83.6 Å². The zero-order chi connectivity index (χ0) is 11.6.